The topological polar surface area (TPSA) is 75.3 Å². The van der Waals surface area contributed by atoms with Gasteiger partial charge < -0.3 is 10.8 Å². The van der Waals surface area contributed by atoms with Crippen LogP contribution in [-0.4, -0.2) is 38.2 Å². The van der Waals surface area contributed by atoms with E-state index < -0.39 is 5.60 Å². The fourth-order valence-electron chi connectivity index (χ4n) is 4.86. The van der Waals surface area contributed by atoms with Crippen LogP contribution in [0.5, 0.6) is 0 Å². The second kappa shape index (κ2) is 6.54. The van der Waals surface area contributed by atoms with Gasteiger partial charge >= 0.3 is 0 Å². The summed E-state index contributed by atoms with van der Waals surface area (Å²) in [6.45, 7) is 3.79. The lowest BCUT2D eigenvalue weighted by Crippen LogP contribution is -2.48. The van der Waals surface area contributed by atoms with E-state index in [9.17, 15) is 5.11 Å². The maximum absolute atomic E-state index is 10.9. The zero-order valence-corrected chi connectivity index (χ0v) is 15.0. The summed E-state index contributed by atoms with van der Waals surface area (Å²) in [5.74, 6) is 1.70. The first kappa shape index (κ1) is 16.7. The Kier molecular flexibility index (Phi) is 4.38. The Morgan fingerprint density at radius 3 is 2.88 bits per heavy atom. The number of hydrogen-bond donors (Lipinski definition) is 2. The normalized spacial score (nSPS) is 30.8. The lowest BCUT2D eigenvalue weighted by atomic mass is 9.72. The molecule has 4 rings (SSSR count). The highest BCUT2D eigenvalue weighted by Gasteiger charge is 2.43. The average molecular weight is 340 g/mol. The summed E-state index contributed by atoms with van der Waals surface area (Å²) < 4.78 is 0. The van der Waals surface area contributed by atoms with Gasteiger partial charge in [0.05, 0.1) is 17.7 Å². The number of anilines is 1. The number of aliphatic hydroxyl groups is 1. The van der Waals surface area contributed by atoms with Crippen molar-refractivity contribution in [1.29, 1.82) is 0 Å². The lowest BCUT2D eigenvalue weighted by molar-refractivity contribution is -0.0631. The first-order valence-electron chi connectivity index (χ1n) is 9.52. The van der Waals surface area contributed by atoms with E-state index in [1.165, 1.54) is 12.8 Å². The van der Waals surface area contributed by atoms with Gasteiger partial charge in [0.2, 0.25) is 0 Å². The molecule has 2 fully saturated rings. The number of benzene rings is 1. The number of nitrogen functional groups attached to an aromatic ring is 1. The highest BCUT2D eigenvalue weighted by Crippen LogP contribution is 2.41. The maximum Gasteiger partial charge on any atom is 0.145 e. The zero-order valence-electron chi connectivity index (χ0n) is 15.0. The van der Waals surface area contributed by atoms with E-state index in [4.69, 9.17) is 10.7 Å². The van der Waals surface area contributed by atoms with Crippen molar-refractivity contribution < 1.29 is 5.11 Å². The van der Waals surface area contributed by atoms with Crippen molar-refractivity contribution >= 4 is 16.7 Å². The molecule has 1 aliphatic heterocycles. The number of rotatable bonds is 3. The van der Waals surface area contributed by atoms with E-state index in [1.54, 1.807) is 0 Å². The van der Waals surface area contributed by atoms with Crippen molar-refractivity contribution in [2.24, 2.45) is 5.92 Å². The van der Waals surface area contributed by atoms with Crippen LogP contribution >= 0.6 is 0 Å². The number of nitrogens with zero attached hydrogens (tertiary/aromatic N) is 3. The van der Waals surface area contributed by atoms with E-state index in [0.29, 0.717) is 24.3 Å². The molecule has 2 heterocycles. The van der Waals surface area contributed by atoms with Gasteiger partial charge in [0, 0.05) is 17.3 Å². The zero-order chi connectivity index (χ0) is 17.4. The predicted octanol–water partition coefficient (Wildman–Crippen LogP) is 3.12. The molecule has 0 radical (unpaired) electrons. The molecular weight excluding hydrogens is 312 g/mol. The van der Waals surface area contributed by atoms with Gasteiger partial charge in [-0.3, -0.25) is 4.90 Å². The van der Waals surface area contributed by atoms with Crippen LogP contribution in [0.4, 0.5) is 5.82 Å². The molecule has 3 atom stereocenters. The summed E-state index contributed by atoms with van der Waals surface area (Å²) in [6, 6.07) is 8.32. The summed E-state index contributed by atoms with van der Waals surface area (Å²) in [5.41, 5.74) is 6.50. The number of nitrogens with two attached hydrogens (primary N) is 1. The molecule has 134 valence electrons. The van der Waals surface area contributed by atoms with Crippen LogP contribution in [0.2, 0.25) is 0 Å². The van der Waals surface area contributed by atoms with Crippen LogP contribution in [0.3, 0.4) is 0 Å². The number of likely N-dealkylation sites (tertiary alicyclic amines) is 1. The Morgan fingerprint density at radius 1 is 1.20 bits per heavy atom. The average Bonchev–Trinajstić information content (AvgIpc) is 3.02. The van der Waals surface area contributed by atoms with Crippen molar-refractivity contribution in [3.8, 4) is 0 Å². The van der Waals surface area contributed by atoms with E-state index >= 15 is 0 Å². The van der Waals surface area contributed by atoms with Gasteiger partial charge in [-0.2, -0.15) is 0 Å². The molecule has 25 heavy (non-hydrogen) atoms. The van der Waals surface area contributed by atoms with Crippen LogP contribution in [0, 0.1) is 5.92 Å². The van der Waals surface area contributed by atoms with Gasteiger partial charge in [-0.25, -0.2) is 9.97 Å². The Balaban J connectivity index is 1.57. The maximum atomic E-state index is 10.9. The first-order chi connectivity index (χ1) is 12.0. The van der Waals surface area contributed by atoms with Gasteiger partial charge in [0.25, 0.3) is 0 Å². The highest BCUT2D eigenvalue weighted by atomic mass is 16.3. The largest absolute Gasteiger partial charge is 0.390 e. The number of aromatic nitrogens is 2. The monoisotopic (exact) mass is 340 g/mol. The third-order valence-corrected chi connectivity index (χ3v) is 6.15. The standard InChI is InChI=1S/C20H28N4O/c1-20(25)11-5-4-8-15(20)17-10-6-12-24(17)13-18-22-16-9-3-2-7-14(16)19(21)23-18/h2-3,7,9,15,17,25H,4-6,8,10-13H2,1H3,(H2,21,22,23)/t15-,17+,20-/m0/s1. The molecule has 0 spiro atoms. The smallest absolute Gasteiger partial charge is 0.145 e. The van der Waals surface area contributed by atoms with Gasteiger partial charge in [-0.1, -0.05) is 25.0 Å². The third kappa shape index (κ3) is 3.23. The van der Waals surface area contributed by atoms with Gasteiger partial charge in [-0.15, -0.1) is 0 Å². The Morgan fingerprint density at radius 2 is 2.04 bits per heavy atom. The second-order valence-corrected chi connectivity index (χ2v) is 7.93. The molecule has 1 saturated carbocycles. The molecule has 5 heteroatoms. The van der Waals surface area contributed by atoms with Gasteiger partial charge in [-0.05, 0) is 51.3 Å². The van der Waals surface area contributed by atoms with Crippen LogP contribution in [0.25, 0.3) is 10.9 Å². The summed E-state index contributed by atoms with van der Waals surface area (Å²) in [4.78, 5) is 11.7. The molecule has 0 bridgehead atoms. The number of para-hydroxylation sites is 1. The fraction of sp³-hybridized carbons (Fsp3) is 0.600. The van der Waals surface area contributed by atoms with Crippen LogP contribution in [0.1, 0.15) is 51.3 Å². The molecule has 1 saturated heterocycles. The quantitative estimate of drug-likeness (QED) is 0.898. The van der Waals surface area contributed by atoms with Crippen LogP contribution in [-0.2, 0) is 6.54 Å². The number of fused-ring (bicyclic) bond motifs is 1. The summed E-state index contributed by atoms with van der Waals surface area (Å²) in [5, 5.41) is 11.8. The minimum Gasteiger partial charge on any atom is -0.390 e. The minimum atomic E-state index is -0.547. The fourth-order valence-corrected chi connectivity index (χ4v) is 4.86. The van der Waals surface area contributed by atoms with E-state index in [1.807, 2.05) is 31.2 Å². The molecule has 0 amide bonds. The predicted molar refractivity (Wildman–Crippen MR) is 100.0 cm³/mol. The van der Waals surface area contributed by atoms with Crippen molar-refractivity contribution in [3.63, 3.8) is 0 Å². The van der Waals surface area contributed by atoms with Gasteiger partial charge in [0.15, 0.2) is 0 Å². The van der Waals surface area contributed by atoms with E-state index in [2.05, 4.69) is 9.88 Å². The molecular formula is C20H28N4O. The highest BCUT2D eigenvalue weighted by molar-refractivity contribution is 5.87. The molecule has 2 aromatic rings. The van der Waals surface area contributed by atoms with Crippen molar-refractivity contribution in [3.05, 3.63) is 30.1 Å². The van der Waals surface area contributed by atoms with Gasteiger partial charge in [0.1, 0.15) is 11.6 Å². The summed E-state index contributed by atoms with van der Waals surface area (Å²) in [7, 11) is 0. The third-order valence-electron chi connectivity index (χ3n) is 6.15. The summed E-state index contributed by atoms with van der Waals surface area (Å²) in [6.07, 6.45) is 6.74. The Bertz CT molecular complexity index is 760. The van der Waals surface area contributed by atoms with Crippen LogP contribution < -0.4 is 5.73 Å². The molecule has 1 aromatic heterocycles. The van der Waals surface area contributed by atoms with Crippen molar-refractivity contribution in [2.75, 3.05) is 12.3 Å². The van der Waals surface area contributed by atoms with Crippen molar-refractivity contribution in [2.45, 2.75) is 63.6 Å². The SMILES string of the molecule is C[C@]1(O)CCCC[C@H]1[C@H]1CCCN1Cc1nc(N)c2ccccc2n1. The van der Waals surface area contributed by atoms with Crippen LogP contribution in [0.15, 0.2) is 24.3 Å². The molecule has 1 aliphatic carbocycles. The Labute approximate surface area is 149 Å². The molecule has 0 unspecified atom stereocenters. The minimum absolute atomic E-state index is 0.349. The van der Waals surface area contributed by atoms with E-state index in [-0.39, 0.29) is 0 Å². The Hall–Kier alpha value is -1.72. The lowest BCUT2D eigenvalue weighted by Gasteiger charge is -2.43. The van der Waals surface area contributed by atoms with Crippen molar-refractivity contribution in [1.82, 2.24) is 14.9 Å². The molecule has 2 aliphatic rings. The van der Waals surface area contributed by atoms with E-state index in [0.717, 1.165) is 49.0 Å². The second-order valence-electron chi connectivity index (χ2n) is 7.93. The molecule has 3 N–H and O–H groups in total. The molecule has 1 aromatic carbocycles. The number of hydrogen-bond acceptors (Lipinski definition) is 5. The summed E-state index contributed by atoms with van der Waals surface area (Å²) >= 11 is 0. The first-order valence-corrected chi connectivity index (χ1v) is 9.52. The molecule has 5 nitrogen and oxygen atoms in total.